The summed E-state index contributed by atoms with van der Waals surface area (Å²) in [7, 11) is 0. The number of nitrogens with one attached hydrogen (secondary N) is 1. The third-order valence-electron chi connectivity index (χ3n) is 4.86. The summed E-state index contributed by atoms with van der Waals surface area (Å²) >= 11 is 0. The maximum Gasteiger partial charge on any atom is 0.347 e. The molecule has 1 atom stereocenters. The third-order valence-corrected chi connectivity index (χ3v) is 4.86. The van der Waals surface area contributed by atoms with Crippen molar-refractivity contribution in [2.45, 2.75) is 19.3 Å². The average Bonchev–Trinajstić information content (AvgIpc) is 2.75. The first-order valence-electron chi connectivity index (χ1n) is 9.52. The van der Waals surface area contributed by atoms with E-state index in [4.69, 9.17) is 4.42 Å². The van der Waals surface area contributed by atoms with Crippen LogP contribution in [-0.2, 0) is 4.79 Å². The highest BCUT2D eigenvalue weighted by Crippen LogP contribution is 2.24. The van der Waals surface area contributed by atoms with Gasteiger partial charge in [0.2, 0.25) is 11.8 Å². The van der Waals surface area contributed by atoms with E-state index in [1.165, 1.54) is 0 Å². The molecule has 0 unspecified atom stereocenters. The number of nitrogens with zero attached hydrogens (tertiary/aromatic N) is 1. The SMILES string of the molecule is CC[C@@H](C(=O)Nc1ccc(-c2nc3ccccc3c(=O)o2)cc1)c1ccccc1. The maximum atomic E-state index is 12.7. The molecule has 1 amide bonds. The fourth-order valence-corrected chi connectivity index (χ4v) is 3.33. The highest BCUT2D eigenvalue weighted by Gasteiger charge is 2.18. The van der Waals surface area contributed by atoms with Crippen molar-refractivity contribution in [3.63, 3.8) is 0 Å². The van der Waals surface area contributed by atoms with Crippen molar-refractivity contribution in [1.29, 1.82) is 0 Å². The minimum atomic E-state index is -0.420. The number of benzene rings is 3. The molecule has 5 heteroatoms. The van der Waals surface area contributed by atoms with Crippen LogP contribution in [0.2, 0.25) is 0 Å². The zero-order valence-electron chi connectivity index (χ0n) is 16.0. The highest BCUT2D eigenvalue weighted by molar-refractivity contribution is 5.96. The number of aromatic nitrogens is 1. The van der Waals surface area contributed by atoms with Gasteiger partial charge in [0.15, 0.2) is 0 Å². The van der Waals surface area contributed by atoms with Crippen molar-refractivity contribution < 1.29 is 9.21 Å². The molecule has 1 heterocycles. The van der Waals surface area contributed by atoms with Crippen LogP contribution >= 0.6 is 0 Å². The van der Waals surface area contributed by atoms with Crippen LogP contribution in [0.25, 0.3) is 22.4 Å². The van der Waals surface area contributed by atoms with Gasteiger partial charge in [0, 0.05) is 11.3 Å². The standard InChI is InChI=1S/C24H20N2O3/c1-2-19(16-8-4-3-5-9-16)22(27)25-18-14-12-17(13-15-18)23-26-21-11-7-6-10-20(21)24(28)29-23/h3-15,19H,2H2,1H3,(H,25,27)/t19-/m1/s1. The summed E-state index contributed by atoms with van der Waals surface area (Å²) in [5.41, 5.74) is 2.50. The Balaban J connectivity index is 1.55. The Hall–Kier alpha value is -3.73. The van der Waals surface area contributed by atoms with Crippen molar-refractivity contribution in [2.24, 2.45) is 0 Å². The molecule has 0 fully saturated rings. The van der Waals surface area contributed by atoms with Gasteiger partial charge in [0.1, 0.15) is 0 Å². The van der Waals surface area contributed by atoms with E-state index in [2.05, 4.69) is 10.3 Å². The molecule has 0 saturated heterocycles. The lowest BCUT2D eigenvalue weighted by Gasteiger charge is -2.15. The van der Waals surface area contributed by atoms with Gasteiger partial charge in [-0.25, -0.2) is 9.78 Å². The van der Waals surface area contributed by atoms with Crippen LogP contribution < -0.4 is 10.9 Å². The van der Waals surface area contributed by atoms with E-state index in [1.54, 1.807) is 42.5 Å². The number of fused-ring (bicyclic) bond motifs is 1. The topological polar surface area (TPSA) is 72.2 Å². The van der Waals surface area contributed by atoms with Crippen LogP contribution in [0.1, 0.15) is 24.8 Å². The summed E-state index contributed by atoms with van der Waals surface area (Å²) in [6.07, 6.45) is 0.708. The van der Waals surface area contributed by atoms with Crippen molar-refractivity contribution in [3.05, 3.63) is 94.8 Å². The van der Waals surface area contributed by atoms with Crippen LogP contribution in [0.15, 0.2) is 88.1 Å². The van der Waals surface area contributed by atoms with E-state index in [-0.39, 0.29) is 17.7 Å². The number of carbonyl (C=O) groups excluding carboxylic acids is 1. The fraction of sp³-hybridized carbons (Fsp3) is 0.125. The molecule has 3 aromatic carbocycles. The average molecular weight is 384 g/mol. The number of anilines is 1. The molecule has 1 aromatic heterocycles. The molecule has 0 saturated carbocycles. The summed E-state index contributed by atoms with van der Waals surface area (Å²) in [6.45, 7) is 1.99. The third kappa shape index (κ3) is 3.94. The van der Waals surface area contributed by atoms with Gasteiger partial charge in [0.25, 0.3) is 0 Å². The zero-order chi connectivity index (χ0) is 20.2. The van der Waals surface area contributed by atoms with Crippen molar-refractivity contribution in [2.75, 3.05) is 5.32 Å². The van der Waals surface area contributed by atoms with Crippen molar-refractivity contribution in [1.82, 2.24) is 4.98 Å². The predicted molar refractivity (Wildman–Crippen MR) is 114 cm³/mol. The number of hydrogen-bond donors (Lipinski definition) is 1. The first kappa shape index (κ1) is 18.6. The molecule has 0 aliphatic carbocycles. The quantitative estimate of drug-likeness (QED) is 0.526. The van der Waals surface area contributed by atoms with E-state index in [1.807, 2.05) is 43.3 Å². The van der Waals surface area contributed by atoms with Gasteiger partial charge in [-0.15, -0.1) is 0 Å². The fourth-order valence-electron chi connectivity index (χ4n) is 3.33. The molecule has 0 radical (unpaired) electrons. The van der Waals surface area contributed by atoms with Crippen molar-refractivity contribution in [3.8, 4) is 11.5 Å². The lowest BCUT2D eigenvalue weighted by Crippen LogP contribution is -2.20. The van der Waals surface area contributed by atoms with Gasteiger partial charge in [-0.1, -0.05) is 49.4 Å². The minimum absolute atomic E-state index is 0.0539. The van der Waals surface area contributed by atoms with Gasteiger partial charge < -0.3 is 9.73 Å². The Labute approximate surface area is 168 Å². The summed E-state index contributed by atoms with van der Waals surface area (Å²) in [6, 6.07) is 23.9. The Morgan fingerprint density at radius 3 is 2.38 bits per heavy atom. The maximum absolute atomic E-state index is 12.7. The first-order chi connectivity index (χ1) is 14.2. The van der Waals surface area contributed by atoms with Crippen LogP contribution in [0.5, 0.6) is 0 Å². The number of carbonyl (C=O) groups is 1. The Morgan fingerprint density at radius 1 is 0.966 bits per heavy atom. The second-order valence-electron chi connectivity index (χ2n) is 6.76. The number of para-hydroxylation sites is 1. The predicted octanol–water partition coefficient (Wildman–Crippen LogP) is 4.99. The lowest BCUT2D eigenvalue weighted by molar-refractivity contribution is -0.117. The monoisotopic (exact) mass is 384 g/mol. The molecule has 0 bridgehead atoms. The normalized spacial score (nSPS) is 11.9. The number of hydrogen-bond acceptors (Lipinski definition) is 4. The van der Waals surface area contributed by atoms with Crippen molar-refractivity contribution >= 4 is 22.5 Å². The molecule has 29 heavy (non-hydrogen) atoms. The van der Waals surface area contributed by atoms with Gasteiger partial charge in [-0.3, -0.25) is 4.79 Å². The minimum Gasteiger partial charge on any atom is -0.403 e. The molecule has 4 aromatic rings. The second-order valence-corrected chi connectivity index (χ2v) is 6.76. The molecule has 0 spiro atoms. The molecule has 5 nitrogen and oxygen atoms in total. The molecular weight excluding hydrogens is 364 g/mol. The van der Waals surface area contributed by atoms with Gasteiger partial charge >= 0.3 is 5.63 Å². The van der Waals surface area contributed by atoms with E-state index in [0.717, 1.165) is 5.56 Å². The van der Waals surface area contributed by atoms with Crippen LogP contribution in [0.4, 0.5) is 5.69 Å². The molecule has 144 valence electrons. The van der Waals surface area contributed by atoms with Gasteiger partial charge in [0.05, 0.1) is 16.8 Å². The zero-order valence-corrected chi connectivity index (χ0v) is 16.0. The van der Waals surface area contributed by atoms with Crippen LogP contribution in [0.3, 0.4) is 0 Å². The van der Waals surface area contributed by atoms with Crippen LogP contribution in [-0.4, -0.2) is 10.9 Å². The summed E-state index contributed by atoms with van der Waals surface area (Å²) in [5, 5.41) is 3.41. The molecule has 0 aliphatic heterocycles. The Morgan fingerprint density at radius 2 is 1.66 bits per heavy atom. The van der Waals surface area contributed by atoms with Gasteiger partial charge in [-0.05, 0) is 48.4 Å². The smallest absolute Gasteiger partial charge is 0.347 e. The molecule has 0 aliphatic rings. The summed E-state index contributed by atoms with van der Waals surface area (Å²) in [4.78, 5) is 29.3. The molecular formula is C24H20N2O3. The van der Waals surface area contributed by atoms with E-state index in [9.17, 15) is 9.59 Å². The van der Waals surface area contributed by atoms with E-state index >= 15 is 0 Å². The number of amides is 1. The lowest BCUT2D eigenvalue weighted by atomic mass is 9.95. The second kappa shape index (κ2) is 8.10. The number of rotatable bonds is 5. The largest absolute Gasteiger partial charge is 0.403 e. The van der Waals surface area contributed by atoms with Gasteiger partial charge in [-0.2, -0.15) is 0 Å². The molecule has 1 N–H and O–H groups in total. The van der Waals surface area contributed by atoms with Crippen LogP contribution in [0, 0.1) is 0 Å². The Kier molecular flexibility index (Phi) is 5.20. The summed E-state index contributed by atoms with van der Waals surface area (Å²) in [5.74, 6) is -0.0137. The highest BCUT2D eigenvalue weighted by atomic mass is 16.4. The first-order valence-corrected chi connectivity index (χ1v) is 9.52. The Bertz CT molecular complexity index is 1200. The van der Waals surface area contributed by atoms with E-state index < -0.39 is 5.63 Å². The van der Waals surface area contributed by atoms with E-state index in [0.29, 0.717) is 28.6 Å². The summed E-state index contributed by atoms with van der Waals surface area (Å²) < 4.78 is 5.36. The molecule has 4 rings (SSSR count).